The van der Waals surface area contributed by atoms with Crippen LogP contribution in [0.2, 0.25) is 0 Å². The summed E-state index contributed by atoms with van der Waals surface area (Å²) >= 11 is 0. The topological polar surface area (TPSA) is 95.3 Å². The summed E-state index contributed by atoms with van der Waals surface area (Å²) in [6, 6.07) is 0. The van der Waals surface area contributed by atoms with Crippen LogP contribution in [0.4, 0.5) is 0 Å². The van der Waals surface area contributed by atoms with Gasteiger partial charge in [0.2, 0.25) is 5.91 Å². The number of hydrogen-bond acceptors (Lipinski definition) is 5. The summed E-state index contributed by atoms with van der Waals surface area (Å²) in [7, 11) is 0. The number of aromatic nitrogens is 3. The lowest BCUT2D eigenvalue weighted by Crippen LogP contribution is -2.60. The summed E-state index contributed by atoms with van der Waals surface area (Å²) in [5.41, 5.74) is 2.10. The van der Waals surface area contributed by atoms with Gasteiger partial charge in [-0.2, -0.15) is 0 Å². The minimum atomic E-state index is -0.407. The molecule has 1 spiro atoms. The number of rotatable bonds is 2. The monoisotopic (exact) mass is 383 g/mol. The largest absolute Gasteiger partial charge is 0.448 e. The summed E-state index contributed by atoms with van der Waals surface area (Å²) in [6.45, 7) is 3.63. The lowest BCUT2D eigenvalue weighted by molar-refractivity contribution is -0.148. The fourth-order valence-corrected chi connectivity index (χ4v) is 4.92. The van der Waals surface area contributed by atoms with Gasteiger partial charge >= 0.3 is 0 Å². The van der Waals surface area contributed by atoms with Gasteiger partial charge in [0, 0.05) is 37.7 Å². The average molecular weight is 383 g/mol. The predicted molar refractivity (Wildman–Crippen MR) is 99.4 cm³/mol. The molecule has 0 radical (unpaired) electrons. The third-order valence-corrected chi connectivity index (χ3v) is 6.81. The molecule has 28 heavy (non-hydrogen) atoms. The zero-order valence-electron chi connectivity index (χ0n) is 16.1. The second-order valence-corrected chi connectivity index (χ2v) is 8.18. The van der Waals surface area contributed by atoms with Crippen LogP contribution in [0.1, 0.15) is 59.7 Å². The maximum absolute atomic E-state index is 13.2. The molecule has 1 aliphatic carbocycles. The lowest BCUT2D eigenvalue weighted by Gasteiger charge is -2.51. The van der Waals surface area contributed by atoms with Crippen LogP contribution in [-0.2, 0) is 16.8 Å². The normalized spacial score (nSPS) is 21.5. The number of fused-ring (bicyclic) bond motifs is 2. The fourth-order valence-electron chi connectivity index (χ4n) is 4.92. The first-order chi connectivity index (χ1) is 13.6. The molecule has 0 unspecified atom stereocenters. The number of aryl methyl sites for hydroxylation is 1. The van der Waals surface area contributed by atoms with Crippen molar-refractivity contribution >= 4 is 11.8 Å². The van der Waals surface area contributed by atoms with Gasteiger partial charge in [0.1, 0.15) is 5.76 Å². The Morgan fingerprint density at radius 2 is 2.00 bits per heavy atom. The number of aromatic amines is 1. The van der Waals surface area contributed by atoms with Crippen molar-refractivity contribution in [3.8, 4) is 0 Å². The van der Waals surface area contributed by atoms with E-state index in [1.807, 2.05) is 4.90 Å². The van der Waals surface area contributed by atoms with E-state index >= 15 is 0 Å². The van der Waals surface area contributed by atoms with Crippen LogP contribution in [0.15, 0.2) is 17.1 Å². The van der Waals surface area contributed by atoms with Gasteiger partial charge in [-0.3, -0.25) is 9.59 Å². The average Bonchev–Trinajstić information content (AvgIpc) is 3.30. The maximum atomic E-state index is 13.2. The van der Waals surface area contributed by atoms with E-state index in [-0.39, 0.29) is 17.7 Å². The Labute approximate surface area is 163 Å². The van der Waals surface area contributed by atoms with Crippen molar-refractivity contribution in [1.82, 2.24) is 24.8 Å². The number of piperidine rings is 1. The first-order valence-electron chi connectivity index (χ1n) is 10.1. The van der Waals surface area contributed by atoms with Crippen LogP contribution >= 0.6 is 0 Å². The van der Waals surface area contributed by atoms with E-state index in [0.29, 0.717) is 37.4 Å². The Kier molecular flexibility index (Phi) is 4.03. The van der Waals surface area contributed by atoms with Gasteiger partial charge in [0.25, 0.3) is 5.91 Å². The zero-order chi connectivity index (χ0) is 19.3. The minimum Gasteiger partial charge on any atom is -0.448 e. The van der Waals surface area contributed by atoms with E-state index in [1.165, 1.54) is 6.39 Å². The van der Waals surface area contributed by atoms with Gasteiger partial charge in [-0.25, -0.2) is 9.97 Å². The van der Waals surface area contributed by atoms with Gasteiger partial charge in [0.05, 0.1) is 17.6 Å². The molecule has 3 aliphatic rings. The molecule has 0 atom stereocenters. The molecule has 1 saturated carbocycles. The summed E-state index contributed by atoms with van der Waals surface area (Å²) in [6.07, 6.45) is 8.40. The van der Waals surface area contributed by atoms with Crippen molar-refractivity contribution in [2.75, 3.05) is 19.6 Å². The predicted octanol–water partition coefficient (Wildman–Crippen LogP) is 2.02. The lowest BCUT2D eigenvalue weighted by atomic mass is 9.76. The molecule has 1 saturated heterocycles. The molecule has 4 heterocycles. The highest BCUT2D eigenvalue weighted by atomic mass is 16.3. The summed E-state index contributed by atoms with van der Waals surface area (Å²) in [5.74, 6) is 0.872. The number of oxazole rings is 1. The molecule has 0 aromatic carbocycles. The second kappa shape index (κ2) is 6.46. The van der Waals surface area contributed by atoms with Crippen LogP contribution in [0.5, 0.6) is 0 Å². The number of carbonyl (C=O) groups excluding carboxylic acids is 2. The van der Waals surface area contributed by atoms with Crippen LogP contribution in [0.25, 0.3) is 0 Å². The summed E-state index contributed by atoms with van der Waals surface area (Å²) in [4.78, 5) is 41.9. The number of imidazole rings is 1. The molecule has 0 bridgehead atoms. The Bertz CT molecular complexity index is 905. The number of nitrogens with one attached hydrogen (secondary N) is 1. The van der Waals surface area contributed by atoms with Crippen LogP contribution in [0, 0.1) is 12.8 Å². The maximum Gasteiger partial charge on any atom is 0.276 e. The van der Waals surface area contributed by atoms with E-state index in [0.717, 1.165) is 43.6 Å². The van der Waals surface area contributed by atoms with Gasteiger partial charge in [0.15, 0.2) is 12.1 Å². The number of carbonyl (C=O) groups is 2. The van der Waals surface area contributed by atoms with E-state index in [1.54, 1.807) is 13.3 Å². The van der Waals surface area contributed by atoms with E-state index < -0.39 is 5.54 Å². The molecule has 2 fully saturated rings. The first kappa shape index (κ1) is 17.5. The standard InChI is InChI=1S/C20H25N5O3/c1-13-16(23-12-28-13)19(27)24-9-6-20(7-10-24)17-15(21-11-22-17)5-8-25(20)18(26)14-3-2-4-14/h11-12,14H,2-10H2,1H3,(H,21,22). The third kappa shape index (κ3) is 2.50. The summed E-state index contributed by atoms with van der Waals surface area (Å²) < 4.78 is 5.19. The molecule has 2 amide bonds. The highest BCUT2D eigenvalue weighted by Crippen LogP contribution is 2.44. The molecule has 2 aromatic heterocycles. The van der Waals surface area contributed by atoms with E-state index in [2.05, 4.69) is 19.9 Å². The number of hydrogen-bond donors (Lipinski definition) is 1. The van der Waals surface area contributed by atoms with Crippen molar-refractivity contribution in [3.63, 3.8) is 0 Å². The Hall–Kier alpha value is -2.64. The number of likely N-dealkylation sites (tertiary alicyclic amines) is 1. The summed E-state index contributed by atoms with van der Waals surface area (Å²) in [5, 5.41) is 0. The molecule has 8 heteroatoms. The first-order valence-corrected chi connectivity index (χ1v) is 10.1. The van der Waals surface area contributed by atoms with Crippen LogP contribution < -0.4 is 0 Å². The van der Waals surface area contributed by atoms with Crippen LogP contribution in [-0.4, -0.2) is 56.2 Å². The van der Waals surface area contributed by atoms with E-state index in [4.69, 9.17) is 4.42 Å². The number of amides is 2. The molecule has 8 nitrogen and oxygen atoms in total. The van der Waals surface area contributed by atoms with Crippen molar-refractivity contribution in [3.05, 3.63) is 35.6 Å². The molecule has 2 aromatic rings. The van der Waals surface area contributed by atoms with Gasteiger partial charge in [-0.1, -0.05) is 6.42 Å². The quantitative estimate of drug-likeness (QED) is 0.856. The molecule has 2 aliphatic heterocycles. The number of nitrogens with zero attached hydrogens (tertiary/aromatic N) is 4. The molecular weight excluding hydrogens is 358 g/mol. The number of H-pyrrole nitrogens is 1. The highest BCUT2D eigenvalue weighted by molar-refractivity contribution is 5.93. The minimum absolute atomic E-state index is 0.101. The van der Waals surface area contributed by atoms with Gasteiger partial charge in [-0.15, -0.1) is 0 Å². The third-order valence-electron chi connectivity index (χ3n) is 6.81. The Morgan fingerprint density at radius 3 is 2.64 bits per heavy atom. The van der Waals surface area contributed by atoms with E-state index in [9.17, 15) is 9.59 Å². The fraction of sp³-hybridized carbons (Fsp3) is 0.600. The van der Waals surface area contributed by atoms with Crippen molar-refractivity contribution < 1.29 is 14.0 Å². The zero-order valence-corrected chi connectivity index (χ0v) is 16.1. The van der Waals surface area contributed by atoms with Gasteiger partial charge in [-0.05, 0) is 32.6 Å². The van der Waals surface area contributed by atoms with Gasteiger partial charge < -0.3 is 19.2 Å². The van der Waals surface area contributed by atoms with Crippen molar-refractivity contribution in [2.45, 2.75) is 51.0 Å². The van der Waals surface area contributed by atoms with Crippen LogP contribution in [0.3, 0.4) is 0 Å². The van der Waals surface area contributed by atoms with Crippen molar-refractivity contribution in [1.29, 1.82) is 0 Å². The molecule has 148 valence electrons. The highest BCUT2D eigenvalue weighted by Gasteiger charge is 2.50. The second-order valence-electron chi connectivity index (χ2n) is 8.18. The smallest absolute Gasteiger partial charge is 0.276 e. The molecular formula is C20H25N5O3. The Balaban J connectivity index is 1.42. The molecule has 1 N–H and O–H groups in total. The molecule has 5 rings (SSSR count). The SMILES string of the molecule is Cc1ocnc1C(=O)N1CCC2(CC1)c1nc[nH]c1CCN2C(=O)C1CCC1. The Morgan fingerprint density at radius 1 is 1.21 bits per heavy atom. The van der Waals surface area contributed by atoms with Crippen molar-refractivity contribution in [2.24, 2.45) is 5.92 Å².